The van der Waals surface area contributed by atoms with Crippen molar-refractivity contribution in [2.45, 2.75) is 13.8 Å². The molecule has 0 bridgehead atoms. The zero-order valence-electron chi connectivity index (χ0n) is 13.9. The Morgan fingerprint density at radius 3 is 2.54 bits per heavy atom. The van der Waals surface area contributed by atoms with Crippen LogP contribution < -0.4 is 0 Å². The van der Waals surface area contributed by atoms with Gasteiger partial charge in [0, 0.05) is 12.1 Å². The second-order valence-electron chi connectivity index (χ2n) is 5.86. The Kier molecular flexibility index (Phi) is 3.66. The van der Waals surface area contributed by atoms with Gasteiger partial charge in [0.05, 0.1) is 21.6 Å². The van der Waals surface area contributed by atoms with Gasteiger partial charge in [0.15, 0.2) is 4.96 Å². The lowest BCUT2D eigenvalue weighted by Crippen LogP contribution is -1.85. The van der Waals surface area contributed by atoms with E-state index in [1.54, 1.807) is 4.40 Å². The van der Waals surface area contributed by atoms with E-state index in [-0.39, 0.29) is 11.6 Å². The van der Waals surface area contributed by atoms with Gasteiger partial charge in [0.2, 0.25) is 10.9 Å². The minimum absolute atomic E-state index is 0.0153. The minimum atomic E-state index is -0.476. The number of aromatic nitrogens is 2. The van der Waals surface area contributed by atoms with Gasteiger partial charge in [-0.05, 0) is 49.2 Å². The molecule has 26 heavy (non-hydrogen) atoms. The topological polar surface area (TPSA) is 105 Å². The van der Waals surface area contributed by atoms with Crippen LogP contribution in [0.3, 0.4) is 0 Å². The summed E-state index contributed by atoms with van der Waals surface area (Å²) in [4.78, 5) is 15.3. The molecule has 4 rings (SSSR count). The molecular formula is C17H13N5O3S. The van der Waals surface area contributed by atoms with Crippen molar-refractivity contribution >= 4 is 43.7 Å². The number of aromatic hydroxyl groups is 1. The van der Waals surface area contributed by atoms with E-state index in [2.05, 4.69) is 15.2 Å². The second kappa shape index (κ2) is 5.88. The summed E-state index contributed by atoms with van der Waals surface area (Å²) in [6.07, 6.45) is 0. The van der Waals surface area contributed by atoms with Crippen LogP contribution in [0.2, 0.25) is 0 Å². The summed E-state index contributed by atoms with van der Waals surface area (Å²) in [5, 5.41) is 29.6. The van der Waals surface area contributed by atoms with E-state index >= 15 is 0 Å². The number of nitro benzene ring substituents is 1. The summed E-state index contributed by atoms with van der Waals surface area (Å²) in [7, 11) is 0. The van der Waals surface area contributed by atoms with Crippen LogP contribution >= 0.6 is 11.3 Å². The lowest BCUT2D eigenvalue weighted by Gasteiger charge is -2.00. The second-order valence-corrected chi connectivity index (χ2v) is 6.82. The summed E-state index contributed by atoms with van der Waals surface area (Å²) >= 11 is 1.22. The normalized spacial score (nSPS) is 11.8. The average Bonchev–Trinajstić information content (AvgIpc) is 3.10. The van der Waals surface area contributed by atoms with Crippen molar-refractivity contribution in [1.82, 2.24) is 9.38 Å². The molecule has 8 nitrogen and oxygen atoms in total. The van der Waals surface area contributed by atoms with Crippen molar-refractivity contribution in [1.29, 1.82) is 0 Å². The lowest BCUT2D eigenvalue weighted by atomic mass is 10.1. The lowest BCUT2D eigenvalue weighted by molar-refractivity contribution is -0.384. The number of azo groups is 1. The van der Waals surface area contributed by atoms with E-state index in [4.69, 9.17) is 0 Å². The number of hydrogen-bond acceptors (Lipinski definition) is 7. The van der Waals surface area contributed by atoms with Gasteiger partial charge in [-0.25, -0.2) is 4.98 Å². The van der Waals surface area contributed by atoms with E-state index in [1.165, 1.54) is 35.6 Å². The van der Waals surface area contributed by atoms with Crippen LogP contribution in [0, 0.1) is 24.0 Å². The molecule has 0 atom stereocenters. The molecular weight excluding hydrogens is 354 g/mol. The molecule has 4 aromatic rings. The van der Waals surface area contributed by atoms with Crippen LogP contribution in [0.5, 0.6) is 5.88 Å². The number of rotatable bonds is 3. The van der Waals surface area contributed by atoms with Crippen molar-refractivity contribution in [3.05, 3.63) is 57.6 Å². The number of aryl methyl sites for hydroxylation is 2. The fourth-order valence-electron chi connectivity index (χ4n) is 2.62. The monoisotopic (exact) mass is 367 g/mol. The molecule has 0 saturated heterocycles. The van der Waals surface area contributed by atoms with Gasteiger partial charge in [0.1, 0.15) is 0 Å². The quantitative estimate of drug-likeness (QED) is 0.305. The zero-order chi connectivity index (χ0) is 18.4. The van der Waals surface area contributed by atoms with Gasteiger partial charge in [-0.1, -0.05) is 11.3 Å². The van der Waals surface area contributed by atoms with Crippen LogP contribution in [0.25, 0.3) is 16.0 Å². The molecule has 0 aliphatic heterocycles. The molecule has 2 aromatic heterocycles. The first-order valence-electron chi connectivity index (χ1n) is 7.71. The Labute approximate surface area is 151 Å². The SMILES string of the molecule is Cc1cc2nc3sc(N=Nc4ccc([N+](=O)[O-])cc4)c(O)n3c2cc1C. The molecule has 0 aliphatic carbocycles. The minimum Gasteiger partial charge on any atom is -0.492 e. The van der Waals surface area contributed by atoms with Crippen LogP contribution in [-0.4, -0.2) is 19.4 Å². The summed E-state index contributed by atoms with van der Waals surface area (Å²) < 4.78 is 1.65. The highest BCUT2D eigenvalue weighted by Gasteiger charge is 2.16. The van der Waals surface area contributed by atoms with E-state index in [0.717, 1.165) is 22.2 Å². The number of nitrogens with zero attached hydrogens (tertiary/aromatic N) is 5. The van der Waals surface area contributed by atoms with E-state index in [1.807, 2.05) is 26.0 Å². The summed E-state index contributed by atoms with van der Waals surface area (Å²) in [5.41, 5.74) is 4.32. The smallest absolute Gasteiger partial charge is 0.269 e. The Morgan fingerprint density at radius 2 is 1.85 bits per heavy atom. The third kappa shape index (κ3) is 2.58. The summed E-state index contributed by atoms with van der Waals surface area (Å²) in [5.74, 6) is -0.0265. The van der Waals surface area contributed by atoms with Crippen LogP contribution in [0.1, 0.15) is 11.1 Å². The molecule has 0 amide bonds. The van der Waals surface area contributed by atoms with Gasteiger partial charge < -0.3 is 5.11 Å². The van der Waals surface area contributed by atoms with Gasteiger partial charge in [0.25, 0.3) is 5.69 Å². The van der Waals surface area contributed by atoms with Crippen LogP contribution in [0.4, 0.5) is 16.4 Å². The number of fused-ring (bicyclic) bond motifs is 3. The van der Waals surface area contributed by atoms with Crippen LogP contribution in [-0.2, 0) is 0 Å². The van der Waals surface area contributed by atoms with E-state index in [0.29, 0.717) is 15.6 Å². The average molecular weight is 367 g/mol. The van der Waals surface area contributed by atoms with Gasteiger partial charge >= 0.3 is 0 Å². The highest BCUT2D eigenvalue weighted by atomic mass is 32.1. The number of benzene rings is 2. The maximum absolute atomic E-state index is 10.7. The maximum Gasteiger partial charge on any atom is 0.269 e. The van der Waals surface area contributed by atoms with E-state index < -0.39 is 4.92 Å². The number of nitro groups is 1. The van der Waals surface area contributed by atoms with Crippen molar-refractivity contribution in [2.75, 3.05) is 0 Å². The molecule has 0 saturated carbocycles. The molecule has 130 valence electrons. The Bertz CT molecular complexity index is 1190. The first kappa shape index (κ1) is 16.2. The van der Waals surface area contributed by atoms with Gasteiger partial charge in [-0.2, -0.15) is 0 Å². The van der Waals surface area contributed by atoms with Crippen molar-refractivity contribution in [3.8, 4) is 5.88 Å². The molecule has 0 spiro atoms. The highest BCUT2D eigenvalue weighted by Crippen LogP contribution is 2.40. The molecule has 0 unspecified atom stereocenters. The fourth-order valence-corrected chi connectivity index (χ4v) is 3.48. The largest absolute Gasteiger partial charge is 0.492 e. The Hall–Kier alpha value is -3.33. The molecule has 9 heteroatoms. The molecule has 2 heterocycles. The number of thiazole rings is 1. The van der Waals surface area contributed by atoms with E-state index in [9.17, 15) is 15.2 Å². The summed E-state index contributed by atoms with van der Waals surface area (Å²) in [6, 6.07) is 9.68. The number of imidazole rings is 1. The zero-order valence-corrected chi connectivity index (χ0v) is 14.7. The predicted molar refractivity (Wildman–Crippen MR) is 99.0 cm³/mol. The van der Waals surface area contributed by atoms with Crippen LogP contribution in [0.15, 0.2) is 46.6 Å². The predicted octanol–water partition coefficient (Wildman–Crippen LogP) is 5.20. The summed E-state index contributed by atoms with van der Waals surface area (Å²) in [6.45, 7) is 4.03. The molecule has 0 fully saturated rings. The maximum atomic E-state index is 10.7. The Balaban J connectivity index is 1.74. The number of hydrogen-bond donors (Lipinski definition) is 1. The molecule has 0 radical (unpaired) electrons. The van der Waals surface area contributed by atoms with Crippen molar-refractivity contribution < 1.29 is 10.0 Å². The first-order chi connectivity index (χ1) is 12.4. The van der Waals surface area contributed by atoms with Gasteiger partial charge in [-0.3, -0.25) is 14.5 Å². The third-order valence-corrected chi connectivity index (χ3v) is 5.06. The highest BCUT2D eigenvalue weighted by molar-refractivity contribution is 7.21. The Morgan fingerprint density at radius 1 is 1.15 bits per heavy atom. The standard InChI is InChI=1S/C17H13N5O3S/c1-9-7-13-14(8-10(9)2)21-16(23)15(26-17(21)18-13)20-19-11-3-5-12(6-4-11)22(24)25/h3-8,23H,1-2H3. The first-order valence-corrected chi connectivity index (χ1v) is 8.53. The van der Waals surface area contributed by atoms with Crippen molar-refractivity contribution in [3.63, 3.8) is 0 Å². The third-order valence-electron chi connectivity index (χ3n) is 4.15. The molecule has 1 N–H and O–H groups in total. The number of non-ortho nitro benzene ring substituents is 1. The molecule has 2 aromatic carbocycles. The fraction of sp³-hybridized carbons (Fsp3) is 0.118. The molecule has 0 aliphatic rings. The van der Waals surface area contributed by atoms with Crippen molar-refractivity contribution in [2.24, 2.45) is 10.2 Å². The van der Waals surface area contributed by atoms with Gasteiger partial charge in [-0.15, -0.1) is 10.2 Å².